The maximum atomic E-state index is 12.3. The van der Waals surface area contributed by atoms with Crippen LogP contribution in [0.15, 0.2) is 23.1 Å². The molecule has 7 N–H and O–H groups in total. The number of nitro groups is 1. The summed E-state index contributed by atoms with van der Waals surface area (Å²) in [7, 11) is 1.36. The van der Waals surface area contributed by atoms with Crippen LogP contribution < -0.4 is 21.7 Å². The third-order valence-electron chi connectivity index (χ3n) is 4.12. The highest BCUT2D eigenvalue weighted by Crippen LogP contribution is 2.30. The lowest BCUT2D eigenvalue weighted by Gasteiger charge is -2.18. The highest BCUT2D eigenvalue weighted by atomic mass is 32.2. The Hall–Kier alpha value is -3.72. The number of nitro benzene ring substituents is 1. The number of nitrogens with two attached hydrogens (primary N) is 1. The topological polar surface area (TPSA) is 231 Å². The minimum atomic E-state index is -1.33. The maximum absolute atomic E-state index is 12.3. The first kappa shape index (κ1) is 27.3. The molecule has 0 fully saturated rings. The molecule has 1 rings (SSSR count). The predicted octanol–water partition coefficient (Wildman–Crippen LogP) is -1.08. The van der Waals surface area contributed by atoms with Gasteiger partial charge in [0.25, 0.3) is 11.6 Å². The molecule has 0 aromatic heterocycles. The number of nitrogens with one attached hydrogen (secondary N) is 3. The van der Waals surface area contributed by atoms with Crippen molar-refractivity contribution in [3.8, 4) is 0 Å². The molecule has 1 aromatic carbocycles. The van der Waals surface area contributed by atoms with Crippen molar-refractivity contribution >= 4 is 47.1 Å². The van der Waals surface area contributed by atoms with Crippen molar-refractivity contribution in [2.45, 2.75) is 29.8 Å². The molecule has 0 saturated heterocycles. The Morgan fingerprint density at radius 1 is 1.21 bits per heavy atom. The third kappa shape index (κ3) is 9.12. The molecule has 0 aliphatic heterocycles. The normalized spacial score (nSPS) is 12.2. The van der Waals surface area contributed by atoms with Gasteiger partial charge >= 0.3 is 11.9 Å². The van der Waals surface area contributed by atoms with Gasteiger partial charge in [-0.05, 0) is 18.6 Å². The lowest BCUT2D eigenvalue weighted by Crippen LogP contribution is -2.49. The Morgan fingerprint density at radius 2 is 1.88 bits per heavy atom. The number of rotatable bonds is 13. The smallest absolute Gasteiger partial charge is 0.322 e. The van der Waals surface area contributed by atoms with Gasteiger partial charge in [0.2, 0.25) is 11.8 Å². The molecule has 14 nitrogen and oxygen atoms in total. The number of amides is 3. The van der Waals surface area contributed by atoms with Gasteiger partial charge in [-0.1, -0.05) is 0 Å². The van der Waals surface area contributed by atoms with E-state index in [2.05, 4.69) is 16.0 Å². The molecule has 0 bridgehead atoms. The zero-order valence-corrected chi connectivity index (χ0v) is 18.2. The summed E-state index contributed by atoms with van der Waals surface area (Å²) in [4.78, 5) is 68.5. The van der Waals surface area contributed by atoms with Crippen LogP contribution in [0.5, 0.6) is 0 Å². The van der Waals surface area contributed by atoms with Crippen LogP contribution >= 0.6 is 11.8 Å². The summed E-state index contributed by atoms with van der Waals surface area (Å²) >= 11 is 0.830. The summed E-state index contributed by atoms with van der Waals surface area (Å²) in [5.74, 6) is -4.96. The van der Waals surface area contributed by atoms with E-state index < -0.39 is 58.9 Å². The molecular formula is C18H23N5O9S. The standard InChI is InChI=1S/C18H23N5O9S/c1-20-16(27)9-2-4-13(12(6-9)23(31)32)33-8-11(17(28)21-7-15(25)26)22-14(24)5-3-10(19)18(29)30/h2,4,6,10-11H,3,5,7-8,19H2,1H3,(H,20,27)(H,21,28)(H,22,24)(H,25,26)(H,29,30). The monoisotopic (exact) mass is 485 g/mol. The van der Waals surface area contributed by atoms with Crippen LogP contribution in [0.3, 0.4) is 0 Å². The van der Waals surface area contributed by atoms with Crippen LogP contribution in [0.4, 0.5) is 5.69 Å². The molecule has 15 heteroatoms. The molecule has 2 unspecified atom stereocenters. The number of aliphatic carboxylic acids is 2. The Labute approximate surface area is 191 Å². The molecule has 0 saturated carbocycles. The number of carboxylic acid groups (broad SMARTS) is 2. The van der Waals surface area contributed by atoms with Crippen LogP contribution in [0.25, 0.3) is 0 Å². The molecule has 0 aliphatic carbocycles. The van der Waals surface area contributed by atoms with Crippen molar-refractivity contribution in [3.05, 3.63) is 33.9 Å². The molecule has 0 heterocycles. The second kappa shape index (κ2) is 13.0. The Kier molecular flexibility index (Phi) is 10.7. The van der Waals surface area contributed by atoms with Crippen molar-refractivity contribution in [3.63, 3.8) is 0 Å². The van der Waals surface area contributed by atoms with E-state index >= 15 is 0 Å². The number of carbonyl (C=O) groups is 5. The Bertz CT molecular complexity index is 940. The van der Waals surface area contributed by atoms with E-state index in [0.717, 1.165) is 17.8 Å². The van der Waals surface area contributed by atoms with Crippen LogP contribution in [0, 0.1) is 10.1 Å². The number of benzene rings is 1. The van der Waals surface area contributed by atoms with Gasteiger partial charge in [0, 0.05) is 30.9 Å². The number of hydrogen-bond donors (Lipinski definition) is 6. The molecule has 0 aliphatic rings. The van der Waals surface area contributed by atoms with Crippen molar-refractivity contribution < 1.29 is 39.1 Å². The van der Waals surface area contributed by atoms with E-state index in [-0.39, 0.29) is 29.1 Å². The summed E-state index contributed by atoms with van der Waals surface area (Å²) in [6, 6.07) is 1.14. The SMILES string of the molecule is CNC(=O)c1ccc(SCC(NC(=O)CCC(N)C(=O)O)C(=O)NCC(=O)O)c([N+](=O)[O-])c1. The van der Waals surface area contributed by atoms with Crippen molar-refractivity contribution in [2.24, 2.45) is 5.73 Å². The molecule has 33 heavy (non-hydrogen) atoms. The van der Waals surface area contributed by atoms with Gasteiger partial charge in [0.05, 0.1) is 9.82 Å². The third-order valence-corrected chi connectivity index (χ3v) is 5.27. The Morgan fingerprint density at radius 3 is 2.42 bits per heavy atom. The average molecular weight is 485 g/mol. The molecule has 1 aromatic rings. The van der Waals surface area contributed by atoms with Crippen LogP contribution in [0.2, 0.25) is 0 Å². The fourth-order valence-corrected chi connectivity index (χ4v) is 3.41. The molecule has 0 radical (unpaired) electrons. The number of carboxylic acids is 2. The molecular weight excluding hydrogens is 462 g/mol. The zero-order valence-electron chi connectivity index (χ0n) is 17.4. The molecule has 2 atom stereocenters. The summed E-state index contributed by atoms with van der Waals surface area (Å²) < 4.78 is 0. The van der Waals surface area contributed by atoms with E-state index in [4.69, 9.17) is 15.9 Å². The highest BCUT2D eigenvalue weighted by Gasteiger charge is 2.25. The van der Waals surface area contributed by atoms with Gasteiger partial charge in [-0.2, -0.15) is 0 Å². The lowest BCUT2D eigenvalue weighted by molar-refractivity contribution is -0.387. The van der Waals surface area contributed by atoms with Crippen LogP contribution in [-0.2, 0) is 19.2 Å². The van der Waals surface area contributed by atoms with Gasteiger partial charge in [-0.15, -0.1) is 11.8 Å². The minimum Gasteiger partial charge on any atom is -0.480 e. The fraction of sp³-hybridized carbons (Fsp3) is 0.389. The van der Waals surface area contributed by atoms with E-state index in [1.165, 1.54) is 19.2 Å². The van der Waals surface area contributed by atoms with E-state index in [9.17, 15) is 34.1 Å². The molecule has 180 valence electrons. The summed E-state index contributed by atoms with van der Waals surface area (Å²) in [5.41, 5.74) is 4.99. The van der Waals surface area contributed by atoms with Crippen molar-refractivity contribution in [1.29, 1.82) is 0 Å². The molecule has 3 amide bonds. The first-order chi connectivity index (χ1) is 15.5. The van der Waals surface area contributed by atoms with Gasteiger partial charge in [-0.25, -0.2) is 0 Å². The minimum absolute atomic E-state index is 0.0485. The number of carbonyl (C=O) groups excluding carboxylic acids is 3. The fourth-order valence-electron chi connectivity index (χ4n) is 2.39. The zero-order chi connectivity index (χ0) is 25.1. The van der Waals surface area contributed by atoms with E-state index in [0.29, 0.717) is 0 Å². The van der Waals surface area contributed by atoms with Gasteiger partial charge in [0.1, 0.15) is 18.6 Å². The van der Waals surface area contributed by atoms with E-state index in [1.807, 2.05) is 0 Å². The lowest BCUT2D eigenvalue weighted by atomic mass is 10.1. The van der Waals surface area contributed by atoms with Crippen LogP contribution in [0.1, 0.15) is 23.2 Å². The summed E-state index contributed by atoms with van der Waals surface area (Å²) in [6.07, 6.45) is -0.522. The second-order valence-electron chi connectivity index (χ2n) is 6.54. The quantitative estimate of drug-likeness (QED) is 0.112. The highest BCUT2D eigenvalue weighted by molar-refractivity contribution is 7.99. The molecule has 0 spiro atoms. The first-order valence-electron chi connectivity index (χ1n) is 9.36. The Balaban J connectivity index is 2.98. The van der Waals surface area contributed by atoms with Gasteiger partial charge in [-0.3, -0.25) is 34.1 Å². The predicted molar refractivity (Wildman–Crippen MR) is 115 cm³/mol. The van der Waals surface area contributed by atoms with Crippen molar-refractivity contribution in [2.75, 3.05) is 19.3 Å². The first-order valence-corrected chi connectivity index (χ1v) is 10.3. The summed E-state index contributed by atoms with van der Waals surface area (Å²) in [6.45, 7) is -0.721. The van der Waals surface area contributed by atoms with Crippen LogP contribution in [-0.4, -0.2) is 76.2 Å². The largest absolute Gasteiger partial charge is 0.480 e. The van der Waals surface area contributed by atoms with Gasteiger partial charge < -0.3 is 31.9 Å². The number of nitrogens with zero attached hydrogens (tertiary/aromatic N) is 1. The van der Waals surface area contributed by atoms with Crippen molar-refractivity contribution in [1.82, 2.24) is 16.0 Å². The second-order valence-corrected chi connectivity index (χ2v) is 7.61. The number of thioether (sulfide) groups is 1. The maximum Gasteiger partial charge on any atom is 0.322 e. The average Bonchev–Trinajstić information content (AvgIpc) is 2.77. The van der Waals surface area contributed by atoms with E-state index in [1.54, 1.807) is 0 Å². The summed E-state index contributed by atoms with van der Waals surface area (Å²) in [5, 5.41) is 35.7. The van der Waals surface area contributed by atoms with Gasteiger partial charge in [0.15, 0.2) is 0 Å². The number of hydrogen-bond acceptors (Lipinski definition) is 9.